The number of amides is 1. The molecule has 1 atom stereocenters. The van der Waals surface area contributed by atoms with Crippen LogP contribution < -0.4 is 10.2 Å². The first-order chi connectivity index (χ1) is 11.9. The van der Waals surface area contributed by atoms with Gasteiger partial charge in [0.05, 0.1) is 11.9 Å². The summed E-state index contributed by atoms with van der Waals surface area (Å²) in [6.45, 7) is 3.54. The summed E-state index contributed by atoms with van der Waals surface area (Å²) in [6.07, 6.45) is 3.82. The minimum Gasteiger partial charge on any atom is -0.386 e. The number of anilines is 1. The van der Waals surface area contributed by atoms with E-state index in [0.29, 0.717) is 38.3 Å². The fourth-order valence-corrected chi connectivity index (χ4v) is 2.91. The number of aryl methyl sites for hydroxylation is 2. The van der Waals surface area contributed by atoms with Gasteiger partial charge in [-0.3, -0.25) is 9.48 Å². The molecule has 1 amide bonds. The van der Waals surface area contributed by atoms with E-state index in [-0.39, 0.29) is 12.5 Å². The molecular formula is C17H22FN5O2. The molecule has 0 saturated carbocycles. The Morgan fingerprint density at radius 1 is 1.44 bits per heavy atom. The maximum Gasteiger partial charge on any atom is 0.221 e. The first-order valence-electron chi connectivity index (χ1n) is 8.29. The third-order valence-electron chi connectivity index (χ3n) is 4.32. The Labute approximate surface area is 145 Å². The number of rotatable bonds is 6. The molecule has 1 aliphatic heterocycles. The summed E-state index contributed by atoms with van der Waals surface area (Å²) in [7, 11) is 0. The van der Waals surface area contributed by atoms with Crippen LogP contribution in [0.25, 0.3) is 0 Å². The summed E-state index contributed by atoms with van der Waals surface area (Å²) in [5, 5.41) is 17.7. The van der Waals surface area contributed by atoms with Gasteiger partial charge in [0.25, 0.3) is 0 Å². The van der Waals surface area contributed by atoms with Crippen LogP contribution in [-0.4, -0.2) is 51.0 Å². The molecule has 0 unspecified atom stereocenters. The second kappa shape index (κ2) is 7.18. The number of β-amino-alcohol motifs (C(OH)–C–C–N with tert-alkyl or cyclic N) is 1. The summed E-state index contributed by atoms with van der Waals surface area (Å²) in [5.41, 5.74) is -0.0937. The predicted molar refractivity (Wildman–Crippen MR) is 90.6 cm³/mol. The number of halogens is 1. The number of aromatic nitrogens is 3. The van der Waals surface area contributed by atoms with Crippen LogP contribution in [-0.2, 0) is 11.3 Å². The molecule has 2 aromatic heterocycles. The fourth-order valence-electron chi connectivity index (χ4n) is 2.91. The Balaban J connectivity index is 1.46. The molecule has 1 fully saturated rings. The van der Waals surface area contributed by atoms with Gasteiger partial charge in [-0.15, -0.1) is 0 Å². The van der Waals surface area contributed by atoms with Crippen molar-refractivity contribution < 1.29 is 14.3 Å². The molecule has 0 aliphatic carbocycles. The van der Waals surface area contributed by atoms with Crippen LogP contribution in [0.1, 0.15) is 18.5 Å². The average molecular weight is 347 g/mol. The average Bonchev–Trinajstić information content (AvgIpc) is 3.18. The van der Waals surface area contributed by atoms with Crippen LogP contribution in [0, 0.1) is 12.7 Å². The molecule has 3 rings (SSSR count). The number of pyridine rings is 1. The normalized spacial score (nSPS) is 20.0. The monoisotopic (exact) mass is 347 g/mol. The molecule has 2 N–H and O–H groups in total. The van der Waals surface area contributed by atoms with Crippen molar-refractivity contribution >= 4 is 11.7 Å². The van der Waals surface area contributed by atoms with E-state index in [1.165, 1.54) is 6.07 Å². The van der Waals surface area contributed by atoms with Crippen molar-refractivity contribution in [3.05, 3.63) is 42.1 Å². The summed E-state index contributed by atoms with van der Waals surface area (Å²) in [5.74, 6) is 0.107. The predicted octanol–water partition coefficient (Wildman–Crippen LogP) is 0.873. The van der Waals surface area contributed by atoms with E-state index in [1.807, 2.05) is 24.1 Å². The van der Waals surface area contributed by atoms with Crippen molar-refractivity contribution in [1.29, 1.82) is 0 Å². The molecule has 0 aromatic carbocycles. The van der Waals surface area contributed by atoms with E-state index in [0.717, 1.165) is 11.9 Å². The van der Waals surface area contributed by atoms with Crippen molar-refractivity contribution in [1.82, 2.24) is 20.1 Å². The largest absolute Gasteiger partial charge is 0.386 e. The molecule has 0 bridgehead atoms. The molecule has 25 heavy (non-hydrogen) atoms. The fraction of sp³-hybridized carbons (Fsp3) is 0.471. The standard InChI is InChI=1S/C17H22FN5O2/c1-13-4-7-23(21-13)8-5-16(24)20-11-17(25)6-9-22(12-17)15-3-2-14(18)10-19-15/h2-4,7,10,25H,5-6,8-9,11-12H2,1H3,(H,20,24)/t17-/m0/s1. The van der Waals surface area contributed by atoms with Crippen LogP contribution in [0.2, 0.25) is 0 Å². The van der Waals surface area contributed by atoms with E-state index in [9.17, 15) is 14.3 Å². The minimum atomic E-state index is -1.01. The van der Waals surface area contributed by atoms with Gasteiger partial charge in [-0.2, -0.15) is 5.10 Å². The van der Waals surface area contributed by atoms with E-state index in [2.05, 4.69) is 15.4 Å². The SMILES string of the molecule is Cc1ccn(CCC(=O)NC[C@@]2(O)CCN(c3ccc(F)cn3)C2)n1. The van der Waals surface area contributed by atoms with E-state index in [4.69, 9.17) is 0 Å². The number of hydrogen-bond donors (Lipinski definition) is 2. The van der Waals surface area contributed by atoms with Gasteiger partial charge in [-0.05, 0) is 31.5 Å². The van der Waals surface area contributed by atoms with Crippen molar-refractivity contribution in [2.75, 3.05) is 24.5 Å². The molecule has 1 aliphatic rings. The van der Waals surface area contributed by atoms with Crippen molar-refractivity contribution in [2.24, 2.45) is 0 Å². The van der Waals surface area contributed by atoms with Gasteiger partial charge >= 0.3 is 0 Å². The molecule has 134 valence electrons. The minimum absolute atomic E-state index is 0.125. The Hall–Kier alpha value is -2.48. The summed E-state index contributed by atoms with van der Waals surface area (Å²) < 4.78 is 14.7. The van der Waals surface area contributed by atoms with E-state index >= 15 is 0 Å². The van der Waals surface area contributed by atoms with Gasteiger partial charge in [0.2, 0.25) is 5.91 Å². The summed E-state index contributed by atoms with van der Waals surface area (Å²) in [4.78, 5) is 17.9. The van der Waals surface area contributed by atoms with Crippen molar-refractivity contribution in [3.8, 4) is 0 Å². The highest BCUT2D eigenvalue weighted by Gasteiger charge is 2.36. The van der Waals surface area contributed by atoms with Gasteiger partial charge in [-0.1, -0.05) is 0 Å². The molecule has 3 heterocycles. The highest BCUT2D eigenvalue weighted by atomic mass is 19.1. The topological polar surface area (TPSA) is 83.3 Å². The number of carbonyl (C=O) groups excluding carboxylic acids is 1. The first-order valence-corrected chi connectivity index (χ1v) is 8.29. The molecule has 1 saturated heterocycles. The first kappa shape index (κ1) is 17.3. The zero-order chi connectivity index (χ0) is 17.9. The smallest absolute Gasteiger partial charge is 0.221 e. The lowest BCUT2D eigenvalue weighted by molar-refractivity contribution is -0.122. The van der Waals surface area contributed by atoms with Crippen LogP contribution in [0.3, 0.4) is 0 Å². The zero-order valence-corrected chi connectivity index (χ0v) is 14.2. The molecule has 0 spiro atoms. The highest BCUT2D eigenvalue weighted by Crippen LogP contribution is 2.25. The highest BCUT2D eigenvalue weighted by molar-refractivity contribution is 5.75. The second-order valence-corrected chi connectivity index (χ2v) is 6.48. The Morgan fingerprint density at radius 3 is 2.96 bits per heavy atom. The maximum absolute atomic E-state index is 12.9. The summed E-state index contributed by atoms with van der Waals surface area (Å²) >= 11 is 0. The quantitative estimate of drug-likeness (QED) is 0.810. The number of carbonyl (C=O) groups is 1. The van der Waals surface area contributed by atoms with Crippen molar-refractivity contribution in [3.63, 3.8) is 0 Å². The Morgan fingerprint density at radius 2 is 2.28 bits per heavy atom. The Bertz CT molecular complexity index is 733. The van der Waals surface area contributed by atoms with Gasteiger partial charge in [0.1, 0.15) is 17.2 Å². The van der Waals surface area contributed by atoms with Crippen LogP contribution >= 0.6 is 0 Å². The Kier molecular flexibility index (Phi) is 4.98. The lowest BCUT2D eigenvalue weighted by atomic mass is 10.0. The molecule has 8 heteroatoms. The lowest BCUT2D eigenvalue weighted by Crippen LogP contribution is -2.45. The third kappa shape index (κ3) is 4.54. The molecule has 7 nitrogen and oxygen atoms in total. The zero-order valence-electron chi connectivity index (χ0n) is 14.2. The van der Waals surface area contributed by atoms with Gasteiger partial charge in [0.15, 0.2) is 0 Å². The maximum atomic E-state index is 12.9. The van der Waals surface area contributed by atoms with Crippen LogP contribution in [0.5, 0.6) is 0 Å². The van der Waals surface area contributed by atoms with Gasteiger partial charge in [0, 0.05) is 38.8 Å². The second-order valence-electron chi connectivity index (χ2n) is 6.48. The molecule has 2 aromatic rings. The van der Waals surface area contributed by atoms with E-state index in [1.54, 1.807) is 10.7 Å². The van der Waals surface area contributed by atoms with Crippen LogP contribution in [0.4, 0.5) is 10.2 Å². The van der Waals surface area contributed by atoms with Gasteiger partial charge in [-0.25, -0.2) is 9.37 Å². The van der Waals surface area contributed by atoms with Crippen molar-refractivity contribution in [2.45, 2.75) is 31.9 Å². The van der Waals surface area contributed by atoms with Crippen LogP contribution in [0.15, 0.2) is 30.6 Å². The lowest BCUT2D eigenvalue weighted by Gasteiger charge is -2.24. The number of hydrogen-bond acceptors (Lipinski definition) is 5. The number of nitrogens with zero attached hydrogens (tertiary/aromatic N) is 4. The number of nitrogens with one attached hydrogen (secondary N) is 1. The van der Waals surface area contributed by atoms with E-state index < -0.39 is 11.4 Å². The molecule has 0 radical (unpaired) electrons. The van der Waals surface area contributed by atoms with Gasteiger partial charge < -0.3 is 15.3 Å². The third-order valence-corrected chi connectivity index (χ3v) is 4.32. The number of aliphatic hydroxyl groups is 1. The molecular weight excluding hydrogens is 325 g/mol. The summed E-state index contributed by atoms with van der Waals surface area (Å²) in [6, 6.07) is 4.82.